The predicted octanol–water partition coefficient (Wildman–Crippen LogP) is 15.1. The lowest BCUT2D eigenvalue weighted by Crippen LogP contribution is -2.36. The molecule has 0 aromatic carbocycles. The Morgan fingerprint density at radius 3 is 1.27 bits per heavy atom. The zero-order valence-corrected chi connectivity index (χ0v) is 44.1. The van der Waals surface area contributed by atoms with Gasteiger partial charge in [0.2, 0.25) is 0 Å². The Bertz CT molecular complexity index is 1230. The highest BCUT2D eigenvalue weighted by atomic mass is 16.6. The molecule has 0 fully saturated rings. The number of amides is 1. The molecule has 388 valence electrons. The maximum Gasteiger partial charge on any atom is 0.409 e. The van der Waals surface area contributed by atoms with E-state index in [1.165, 1.54) is 70.6 Å². The van der Waals surface area contributed by atoms with Crippen molar-refractivity contribution in [3.63, 3.8) is 0 Å². The highest BCUT2D eigenvalue weighted by Crippen LogP contribution is 2.17. The first-order valence-electron chi connectivity index (χ1n) is 27.3. The Morgan fingerprint density at radius 2 is 0.806 bits per heavy atom. The molecule has 0 N–H and O–H groups in total. The van der Waals surface area contributed by atoms with Crippen LogP contribution in [0.3, 0.4) is 0 Å². The number of nitrogens with zero attached hydrogens (tertiary/aromatic N) is 2. The van der Waals surface area contributed by atoms with Gasteiger partial charge >= 0.3 is 24.0 Å². The summed E-state index contributed by atoms with van der Waals surface area (Å²) in [5, 5.41) is 0. The largest absolute Gasteiger partial charge is 0.462 e. The number of unbranched alkanes of at least 4 members (excludes halogenated alkanes) is 21. The van der Waals surface area contributed by atoms with Crippen LogP contribution in [0.4, 0.5) is 4.79 Å². The zero-order valence-electron chi connectivity index (χ0n) is 44.1. The second kappa shape index (κ2) is 49.0. The molecule has 0 spiro atoms. The molecule has 0 bridgehead atoms. The topological polar surface area (TPSA) is 112 Å². The van der Waals surface area contributed by atoms with Crippen LogP contribution < -0.4 is 0 Å². The van der Waals surface area contributed by atoms with Crippen LogP contribution in [0.2, 0.25) is 0 Å². The van der Waals surface area contributed by atoms with Gasteiger partial charge in [0, 0.05) is 39.4 Å². The molecule has 0 radical (unpaired) electrons. The van der Waals surface area contributed by atoms with Gasteiger partial charge in [-0.15, -0.1) is 0 Å². The average molecular weight is 943 g/mol. The summed E-state index contributed by atoms with van der Waals surface area (Å²) in [7, 11) is 5.64. The molecule has 0 aliphatic heterocycles. The van der Waals surface area contributed by atoms with Crippen molar-refractivity contribution in [3.8, 4) is 0 Å². The van der Waals surface area contributed by atoms with E-state index >= 15 is 0 Å². The second-order valence-electron chi connectivity index (χ2n) is 18.8. The predicted molar refractivity (Wildman–Crippen MR) is 279 cm³/mol. The molecule has 0 aliphatic carbocycles. The van der Waals surface area contributed by atoms with Gasteiger partial charge in [0.15, 0.2) is 6.10 Å². The summed E-state index contributed by atoms with van der Waals surface area (Å²) in [6.07, 6.45) is 48.7. The van der Waals surface area contributed by atoms with Gasteiger partial charge in [-0.3, -0.25) is 14.4 Å². The van der Waals surface area contributed by atoms with Crippen molar-refractivity contribution in [3.05, 3.63) is 48.6 Å². The molecule has 67 heavy (non-hydrogen) atoms. The van der Waals surface area contributed by atoms with Gasteiger partial charge in [-0.25, -0.2) is 4.79 Å². The SMILES string of the molecule is CCCCC/C=C\CC=CCCCCCCCC(=O)OCC(COC(=O)CCCCCCC/C=C\C/C=C\CCCCC)OC(=O)CCC(CCCCCCCC)OC(=O)N(C)CCN(C)C. The van der Waals surface area contributed by atoms with Gasteiger partial charge < -0.3 is 28.7 Å². The van der Waals surface area contributed by atoms with Crippen molar-refractivity contribution in [1.82, 2.24) is 9.80 Å². The molecule has 2 unspecified atom stereocenters. The van der Waals surface area contributed by atoms with E-state index in [0.29, 0.717) is 25.9 Å². The van der Waals surface area contributed by atoms with E-state index in [-0.39, 0.29) is 44.4 Å². The fraction of sp³-hybridized carbons (Fsp3) is 0.789. The van der Waals surface area contributed by atoms with Gasteiger partial charge in [-0.1, -0.05) is 166 Å². The Kier molecular flexibility index (Phi) is 46.5. The van der Waals surface area contributed by atoms with E-state index in [2.05, 4.69) is 69.4 Å². The lowest BCUT2D eigenvalue weighted by molar-refractivity contribution is -0.167. The lowest BCUT2D eigenvalue weighted by atomic mass is 10.0. The average Bonchev–Trinajstić information content (AvgIpc) is 3.31. The molecular weight excluding hydrogens is 841 g/mol. The molecule has 0 aliphatic rings. The second-order valence-corrected chi connectivity index (χ2v) is 18.8. The highest BCUT2D eigenvalue weighted by molar-refractivity contribution is 5.71. The third-order valence-electron chi connectivity index (χ3n) is 11.8. The van der Waals surface area contributed by atoms with Crippen molar-refractivity contribution >= 4 is 24.0 Å². The first kappa shape index (κ1) is 63.6. The summed E-state index contributed by atoms with van der Waals surface area (Å²) < 4.78 is 22.8. The first-order chi connectivity index (χ1) is 32.6. The van der Waals surface area contributed by atoms with Crippen LogP contribution in [0, 0.1) is 0 Å². The number of ether oxygens (including phenoxy) is 4. The molecule has 10 nitrogen and oxygen atoms in total. The maximum atomic E-state index is 13.3. The van der Waals surface area contributed by atoms with Crippen LogP contribution in [0.15, 0.2) is 48.6 Å². The van der Waals surface area contributed by atoms with E-state index in [4.69, 9.17) is 18.9 Å². The van der Waals surface area contributed by atoms with Gasteiger partial charge in [-0.05, 0) is 110 Å². The summed E-state index contributed by atoms with van der Waals surface area (Å²) >= 11 is 0. The van der Waals surface area contributed by atoms with Crippen molar-refractivity contribution < 1.29 is 38.1 Å². The fourth-order valence-electron chi connectivity index (χ4n) is 7.41. The van der Waals surface area contributed by atoms with Gasteiger partial charge in [0.05, 0.1) is 0 Å². The van der Waals surface area contributed by atoms with E-state index in [0.717, 1.165) is 109 Å². The normalized spacial score (nSPS) is 12.8. The fourth-order valence-corrected chi connectivity index (χ4v) is 7.41. The Labute approximate surface area is 411 Å². The Hall–Kier alpha value is -3.40. The minimum atomic E-state index is -0.925. The van der Waals surface area contributed by atoms with Crippen molar-refractivity contribution in [1.29, 1.82) is 0 Å². The molecular formula is C57H102N2O8. The number of rotatable bonds is 47. The van der Waals surface area contributed by atoms with Gasteiger partial charge in [-0.2, -0.15) is 0 Å². The zero-order chi connectivity index (χ0) is 49.3. The summed E-state index contributed by atoms with van der Waals surface area (Å²) in [6, 6.07) is 0. The van der Waals surface area contributed by atoms with Crippen LogP contribution in [-0.4, -0.2) is 93.5 Å². The molecule has 2 atom stereocenters. The number of allylic oxidation sites excluding steroid dienone is 8. The van der Waals surface area contributed by atoms with Gasteiger partial charge in [0.1, 0.15) is 19.3 Å². The molecule has 0 aromatic rings. The van der Waals surface area contributed by atoms with Crippen LogP contribution in [0.1, 0.15) is 233 Å². The lowest BCUT2D eigenvalue weighted by Gasteiger charge is -2.24. The first-order valence-corrected chi connectivity index (χ1v) is 27.3. The van der Waals surface area contributed by atoms with Crippen LogP contribution in [0.5, 0.6) is 0 Å². The van der Waals surface area contributed by atoms with Crippen LogP contribution >= 0.6 is 0 Å². The molecule has 0 saturated heterocycles. The molecule has 0 rings (SSSR count). The minimum absolute atomic E-state index is 0.0194. The van der Waals surface area contributed by atoms with Crippen LogP contribution in [0.25, 0.3) is 0 Å². The van der Waals surface area contributed by atoms with Crippen molar-refractivity contribution in [2.45, 2.75) is 245 Å². The number of carbonyl (C=O) groups is 4. The number of hydrogen-bond donors (Lipinski definition) is 0. The number of likely N-dealkylation sites (N-methyl/N-ethyl adjacent to an activating group) is 2. The molecule has 1 amide bonds. The van der Waals surface area contributed by atoms with E-state index in [9.17, 15) is 19.2 Å². The number of esters is 3. The van der Waals surface area contributed by atoms with Gasteiger partial charge in [0.25, 0.3) is 0 Å². The molecule has 0 aromatic heterocycles. The summed E-state index contributed by atoms with van der Waals surface area (Å²) in [6.45, 7) is 7.52. The number of carbonyl (C=O) groups excluding carboxylic acids is 4. The summed E-state index contributed by atoms with van der Waals surface area (Å²) in [4.78, 5) is 55.4. The van der Waals surface area contributed by atoms with Crippen LogP contribution in [-0.2, 0) is 33.3 Å². The molecule has 0 saturated carbocycles. The summed E-state index contributed by atoms with van der Waals surface area (Å²) in [5.74, 6) is -1.22. The standard InChI is InChI=1S/C57H102N2O8/c1-7-10-13-16-19-21-23-25-27-29-31-33-35-38-41-44-54(60)64-50-53(51-65-55(61)45-42-39-36-34-32-30-28-26-24-22-20-17-14-11-8-2)66-56(62)47-46-52(43-40-37-18-15-12-9-3)67-57(63)59(6)49-48-58(4)5/h19-22,25-28,52-53H,7-18,23-24,29-51H2,1-6H3/b21-19-,22-20-,27-25-,28-26?. The maximum absolute atomic E-state index is 13.3. The highest BCUT2D eigenvalue weighted by Gasteiger charge is 2.23. The van der Waals surface area contributed by atoms with E-state index < -0.39 is 24.3 Å². The number of hydrogen-bond acceptors (Lipinski definition) is 9. The third-order valence-corrected chi connectivity index (χ3v) is 11.8. The van der Waals surface area contributed by atoms with E-state index in [1.54, 1.807) is 11.9 Å². The van der Waals surface area contributed by atoms with Crippen molar-refractivity contribution in [2.24, 2.45) is 0 Å². The third kappa shape index (κ3) is 46.1. The summed E-state index contributed by atoms with van der Waals surface area (Å²) in [5.41, 5.74) is 0. The molecule has 10 heteroatoms. The smallest absolute Gasteiger partial charge is 0.409 e. The molecule has 0 heterocycles. The Morgan fingerprint density at radius 1 is 0.403 bits per heavy atom. The van der Waals surface area contributed by atoms with Crippen molar-refractivity contribution in [2.75, 3.05) is 47.4 Å². The van der Waals surface area contributed by atoms with E-state index in [1.807, 2.05) is 19.0 Å². The minimum Gasteiger partial charge on any atom is -0.462 e. The Balaban J connectivity index is 5.02. The monoisotopic (exact) mass is 943 g/mol. The quantitative estimate of drug-likeness (QED) is 0.0255.